The maximum atomic E-state index is 14.4. The minimum Gasteiger partial charge on any atom is -0.481 e. The second-order valence-electron chi connectivity index (χ2n) is 25.6. The lowest BCUT2D eigenvalue weighted by molar-refractivity contribution is -0.199. The number of ether oxygens (including phenoxy) is 2. The van der Waals surface area contributed by atoms with E-state index in [0.717, 1.165) is 43.2 Å². The van der Waals surface area contributed by atoms with E-state index in [1.807, 2.05) is 31.2 Å². The number of hydrogen-bond acceptors (Lipinski definition) is 14. The number of rotatable bonds is 30. The molecule has 4 fully saturated rings. The van der Waals surface area contributed by atoms with Crippen LogP contribution < -0.4 is 37.2 Å². The summed E-state index contributed by atoms with van der Waals surface area (Å²) < 4.78 is 23.8. The van der Waals surface area contributed by atoms with E-state index < -0.39 is 139 Å². The van der Waals surface area contributed by atoms with E-state index in [4.69, 9.17) is 18.8 Å². The maximum Gasteiger partial charge on any atom is 0.461 e. The third kappa shape index (κ3) is 20.3. The van der Waals surface area contributed by atoms with Crippen LogP contribution in [0.4, 0.5) is 9.59 Å². The second kappa shape index (κ2) is 29.8. The molecular weight excluding hydrogens is 1100 g/mol. The number of aryl methyl sites for hydroxylation is 1. The number of Topliss-reactive ketones (excluding diaryl/α,β-unsaturated/α-hetero) is 1. The molecule has 23 nitrogen and oxygen atoms in total. The maximum absolute atomic E-state index is 14.4. The van der Waals surface area contributed by atoms with Gasteiger partial charge in [0.15, 0.2) is 5.78 Å². The van der Waals surface area contributed by atoms with Crippen LogP contribution >= 0.6 is 0 Å². The molecule has 10 atom stereocenters. The van der Waals surface area contributed by atoms with Crippen molar-refractivity contribution in [2.45, 2.75) is 219 Å². The summed E-state index contributed by atoms with van der Waals surface area (Å²) in [6.07, 6.45) is 1.94. The fourth-order valence-corrected chi connectivity index (χ4v) is 11.1. The Morgan fingerprint density at radius 2 is 1.26 bits per heavy atom. The first-order chi connectivity index (χ1) is 39.7. The van der Waals surface area contributed by atoms with Crippen molar-refractivity contribution in [2.75, 3.05) is 13.1 Å². The quantitative estimate of drug-likeness (QED) is 0.0302. The van der Waals surface area contributed by atoms with Crippen molar-refractivity contribution in [3.63, 3.8) is 0 Å². The highest BCUT2D eigenvalue weighted by atomic mass is 16.7. The highest BCUT2D eigenvalue weighted by Crippen LogP contribution is 2.66. The number of carboxylic acids is 2. The van der Waals surface area contributed by atoms with Crippen molar-refractivity contribution in [1.29, 1.82) is 0 Å². The summed E-state index contributed by atoms with van der Waals surface area (Å²) in [5, 5.41) is 36.5. The first-order valence-corrected chi connectivity index (χ1v) is 29.6. The van der Waals surface area contributed by atoms with Crippen LogP contribution in [0.25, 0.3) is 11.1 Å². The van der Waals surface area contributed by atoms with E-state index in [1.54, 1.807) is 65.8 Å². The monoisotopic (exact) mass is 1190 g/mol. The molecule has 1 aliphatic heterocycles. The van der Waals surface area contributed by atoms with Gasteiger partial charge in [-0.15, -0.1) is 0 Å². The van der Waals surface area contributed by atoms with Crippen molar-refractivity contribution in [2.24, 2.45) is 17.3 Å². The van der Waals surface area contributed by atoms with Gasteiger partial charge in [0.05, 0.1) is 30.7 Å². The number of ketones is 1. The SMILES string of the molecule is CCCCc1ccc(-c2ccc(C(=O)N[C@@H](CNC(=O)OC(C)(C)C)C(=O)N[C@@H](CCC(=O)N[C@H](CC(=O)O)C(=O)O)C(=O)N[C@@H](C)C(=O)N[C@@H](CCCCNC(=O)OC(C)(C)C)C(=O)C[C@@H](C)B3OC4C[C@@H]5C[C@@H](C5(C)C)[C@]4(C)O3)cc2)cc1. The molecule has 3 saturated carbocycles. The molecule has 1 saturated heterocycles. The van der Waals surface area contributed by atoms with Gasteiger partial charge in [0, 0.05) is 24.9 Å². The number of hydrogen-bond donors (Lipinski definition) is 9. The van der Waals surface area contributed by atoms with E-state index in [1.165, 1.54) is 12.5 Å². The van der Waals surface area contributed by atoms with E-state index in [0.29, 0.717) is 18.8 Å². The molecule has 85 heavy (non-hydrogen) atoms. The van der Waals surface area contributed by atoms with Gasteiger partial charge in [-0.25, -0.2) is 14.4 Å². The summed E-state index contributed by atoms with van der Waals surface area (Å²) in [6, 6.07) is 6.99. The molecule has 0 spiro atoms. The third-order valence-corrected chi connectivity index (χ3v) is 16.0. The smallest absolute Gasteiger partial charge is 0.461 e. The van der Waals surface area contributed by atoms with Crippen LogP contribution in [-0.4, -0.2) is 143 Å². The van der Waals surface area contributed by atoms with E-state index >= 15 is 0 Å². The normalized spacial score (nSPS) is 20.7. The Labute approximate surface area is 499 Å². The molecule has 24 heteroatoms. The zero-order chi connectivity index (χ0) is 63.2. The predicted molar refractivity (Wildman–Crippen MR) is 316 cm³/mol. The summed E-state index contributed by atoms with van der Waals surface area (Å²) in [5.74, 6) is -7.75. The first-order valence-electron chi connectivity index (χ1n) is 29.6. The van der Waals surface area contributed by atoms with Gasteiger partial charge in [0.2, 0.25) is 23.6 Å². The molecule has 6 rings (SSSR count). The van der Waals surface area contributed by atoms with E-state index in [9.17, 15) is 58.2 Å². The van der Waals surface area contributed by atoms with Gasteiger partial charge in [-0.2, -0.15) is 0 Å². The van der Waals surface area contributed by atoms with Gasteiger partial charge in [-0.05, 0) is 159 Å². The van der Waals surface area contributed by atoms with Gasteiger partial charge < -0.3 is 66.2 Å². The number of amides is 7. The number of aliphatic carboxylic acids is 2. The summed E-state index contributed by atoms with van der Waals surface area (Å²) in [6.45, 7) is 21.6. The minimum atomic E-state index is -1.84. The van der Waals surface area contributed by atoms with Crippen molar-refractivity contribution in [3.8, 4) is 11.1 Å². The highest BCUT2D eigenvalue weighted by molar-refractivity contribution is 6.47. The highest BCUT2D eigenvalue weighted by Gasteiger charge is 2.68. The Balaban J connectivity index is 1.34. The molecular formula is C61H90BN7O16. The third-order valence-electron chi connectivity index (χ3n) is 16.0. The average Bonchev–Trinajstić information content (AvgIpc) is 1.74. The molecule has 468 valence electrons. The van der Waals surface area contributed by atoms with Gasteiger partial charge >= 0.3 is 31.2 Å². The zero-order valence-electron chi connectivity index (χ0n) is 51.4. The Kier molecular flexibility index (Phi) is 24.1. The van der Waals surface area contributed by atoms with Crippen molar-refractivity contribution < 1.29 is 76.9 Å². The fourth-order valence-electron chi connectivity index (χ4n) is 11.1. The zero-order valence-corrected chi connectivity index (χ0v) is 51.4. The van der Waals surface area contributed by atoms with Crippen molar-refractivity contribution >= 4 is 66.6 Å². The summed E-state index contributed by atoms with van der Waals surface area (Å²) in [7, 11) is -0.681. The minimum absolute atomic E-state index is 0.0440. The van der Waals surface area contributed by atoms with Crippen LogP contribution in [0.2, 0.25) is 5.82 Å². The fraction of sp³-hybridized carbons (Fsp3) is 0.639. The van der Waals surface area contributed by atoms with Crippen LogP contribution in [0.1, 0.15) is 170 Å². The van der Waals surface area contributed by atoms with Crippen LogP contribution in [0.3, 0.4) is 0 Å². The number of carbonyl (C=O) groups is 10. The number of carbonyl (C=O) groups excluding carboxylic acids is 8. The van der Waals surface area contributed by atoms with Gasteiger partial charge in [-0.1, -0.05) is 70.5 Å². The predicted octanol–water partition coefficient (Wildman–Crippen LogP) is 6.39. The Bertz CT molecular complexity index is 2710. The van der Waals surface area contributed by atoms with Gasteiger partial charge in [0.25, 0.3) is 5.91 Å². The summed E-state index contributed by atoms with van der Waals surface area (Å²) in [4.78, 5) is 133. The van der Waals surface area contributed by atoms with Crippen LogP contribution in [-0.2, 0) is 58.8 Å². The molecule has 3 aliphatic carbocycles. The second-order valence-corrected chi connectivity index (χ2v) is 25.6. The van der Waals surface area contributed by atoms with E-state index in [-0.39, 0.29) is 48.2 Å². The number of alkyl carbamates (subject to hydrolysis) is 2. The standard InChI is InChI=1S/C61H90BN7O16/c1-13-14-17-37-19-21-38(22-20-37)39-23-25-40(26-24-39)52(75)69-45(34-64-57(81)83-59(7,8)9)54(77)68-43(27-28-49(71)66-44(55(78)79)33-50(72)73)53(76)65-36(3)51(74)67-42(18-15-16-29-63-56(80)82-58(4,5)6)46(70)30-35(2)62-84-48-32-41-31-47(60(41,10)11)61(48,12)85-62/h19-26,35-36,41-45,47-48H,13-18,27-34H2,1-12H3,(H,63,80)(H,64,81)(H,65,76)(H,66,71)(H,67,74)(H,68,77)(H,69,75)(H,72,73)(H,78,79)/t35-,36+,41+,42+,43+,44-,45+,47+,48?,61+/m1/s1. The molecule has 9 N–H and O–H groups in total. The number of benzene rings is 2. The molecule has 7 amide bonds. The Morgan fingerprint density at radius 3 is 1.84 bits per heavy atom. The lowest BCUT2D eigenvalue weighted by Crippen LogP contribution is -2.65. The van der Waals surface area contributed by atoms with Crippen molar-refractivity contribution in [3.05, 3.63) is 59.7 Å². The Hall–Kier alpha value is -7.08. The van der Waals surface area contributed by atoms with Crippen LogP contribution in [0.5, 0.6) is 0 Å². The van der Waals surface area contributed by atoms with E-state index in [2.05, 4.69) is 64.9 Å². The molecule has 0 aromatic heterocycles. The lowest BCUT2D eigenvalue weighted by Gasteiger charge is -2.64. The molecule has 2 aromatic rings. The Morgan fingerprint density at radius 1 is 0.671 bits per heavy atom. The topological polar surface area (TPSA) is 332 Å². The number of unbranched alkanes of at least 4 members (excludes halogenated alkanes) is 2. The molecule has 4 aliphatic rings. The van der Waals surface area contributed by atoms with Gasteiger partial charge in [-0.3, -0.25) is 33.6 Å². The molecule has 1 unspecified atom stereocenters. The first kappa shape index (κ1) is 68.7. The number of nitrogens with one attached hydrogen (secondary N) is 7. The largest absolute Gasteiger partial charge is 0.481 e. The average molecular weight is 1190 g/mol. The summed E-state index contributed by atoms with van der Waals surface area (Å²) in [5.41, 5.74) is 0.945. The van der Waals surface area contributed by atoms with Gasteiger partial charge in [0.1, 0.15) is 35.4 Å². The molecule has 2 bridgehead atoms. The summed E-state index contributed by atoms with van der Waals surface area (Å²) >= 11 is 0. The molecule has 0 radical (unpaired) electrons. The number of carboxylic acid groups (broad SMARTS) is 2. The van der Waals surface area contributed by atoms with Crippen LogP contribution in [0.15, 0.2) is 48.5 Å². The molecule has 2 aromatic carbocycles. The van der Waals surface area contributed by atoms with Crippen molar-refractivity contribution in [1.82, 2.24) is 37.2 Å². The molecule has 1 heterocycles. The van der Waals surface area contributed by atoms with Crippen LogP contribution in [0, 0.1) is 17.3 Å². The lowest BCUT2D eigenvalue weighted by atomic mass is 9.43.